The Morgan fingerprint density at radius 3 is 2.48 bits per heavy atom. The van der Waals surface area contributed by atoms with Gasteiger partial charge in [-0.1, -0.05) is 18.2 Å². The van der Waals surface area contributed by atoms with Gasteiger partial charge >= 0.3 is 12.1 Å². The van der Waals surface area contributed by atoms with Crippen LogP contribution in [0.2, 0.25) is 0 Å². The van der Waals surface area contributed by atoms with Crippen LogP contribution in [0.1, 0.15) is 41.2 Å². The average Bonchev–Trinajstić information content (AvgIpc) is 3.53. The first kappa shape index (κ1) is 29.5. The molecule has 0 saturated heterocycles. The number of hydrogen-bond donors (Lipinski definition) is 0. The molecule has 4 aromatic rings. The third kappa shape index (κ3) is 6.56. The van der Waals surface area contributed by atoms with Gasteiger partial charge in [0.05, 0.1) is 37.7 Å². The lowest BCUT2D eigenvalue weighted by atomic mass is 9.91. The topological polar surface area (TPSA) is 92.0 Å². The number of ether oxygens (including phenoxy) is 3. The molecular weight excluding hydrogens is 573 g/mol. The predicted octanol–water partition coefficient (Wildman–Crippen LogP) is 6.71. The van der Waals surface area contributed by atoms with Gasteiger partial charge in [-0.2, -0.15) is 13.2 Å². The highest BCUT2D eigenvalue weighted by atomic mass is 32.2. The minimum absolute atomic E-state index is 0.00871. The van der Waals surface area contributed by atoms with Crippen LogP contribution in [0.15, 0.2) is 65.3 Å². The fourth-order valence-electron chi connectivity index (χ4n) is 5.25. The first-order valence-corrected chi connectivity index (χ1v) is 15.4. The molecule has 0 fully saturated rings. The minimum atomic E-state index is -4.56. The summed E-state index contributed by atoms with van der Waals surface area (Å²) in [6.45, 7) is 0.177. The van der Waals surface area contributed by atoms with E-state index >= 15 is 0 Å². The number of alkyl halides is 3. The number of rotatable bonds is 10. The van der Waals surface area contributed by atoms with E-state index in [0.717, 1.165) is 17.7 Å². The molecule has 0 spiro atoms. The van der Waals surface area contributed by atoms with E-state index in [1.54, 1.807) is 42.5 Å². The van der Waals surface area contributed by atoms with Crippen LogP contribution in [0.4, 0.5) is 13.2 Å². The lowest BCUT2D eigenvalue weighted by Gasteiger charge is -2.20. The Bertz CT molecular complexity index is 1710. The molecule has 3 aromatic carbocycles. The van der Waals surface area contributed by atoms with E-state index < -0.39 is 27.7 Å². The molecule has 7 nitrogen and oxygen atoms in total. The highest BCUT2D eigenvalue weighted by Gasteiger charge is 2.38. The van der Waals surface area contributed by atoms with Crippen molar-refractivity contribution < 1.29 is 45.0 Å². The summed E-state index contributed by atoms with van der Waals surface area (Å²) >= 11 is 0. The Morgan fingerprint density at radius 2 is 1.79 bits per heavy atom. The average molecular weight is 603 g/mol. The second kappa shape index (κ2) is 11.7. The molecule has 222 valence electrons. The number of benzene rings is 3. The Kier molecular flexibility index (Phi) is 8.23. The molecule has 1 aliphatic rings. The zero-order chi connectivity index (χ0) is 30.1. The lowest BCUT2D eigenvalue weighted by Crippen LogP contribution is -2.10. The molecule has 0 unspecified atom stereocenters. The number of halogens is 3. The molecule has 0 aliphatic heterocycles. The van der Waals surface area contributed by atoms with Gasteiger partial charge in [0.1, 0.15) is 33.0 Å². The third-order valence-electron chi connectivity index (χ3n) is 7.20. The first-order chi connectivity index (χ1) is 19.9. The summed E-state index contributed by atoms with van der Waals surface area (Å²) in [5, 5.41) is 0.750. The monoisotopic (exact) mass is 602 g/mol. The van der Waals surface area contributed by atoms with Crippen molar-refractivity contribution in [1.29, 1.82) is 0 Å². The quantitative estimate of drug-likeness (QED) is 0.147. The van der Waals surface area contributed by atoms with Gasteiger partial charge in [0.25, 0.3) is 0 Å². The summed E-state index contributed by atoms with van der Waals surface area (Å²) in [6, 6.07) is 14.2. The van der Waals surface area contributed by atoms with Crippen molar-refractivity contribution in [3.05, 3.63) is 83.1 Å². The molecule has 5 rings (SSSR count). The van der Waals surface area contributed by atoms with Crippen LogP contribution in [0, 0.1) is 0 Å². The number of hydrogen-bond acceptors (Lipinski definition) is 7. The zero-order valence-electron chi connectivity index (χ0n) is 23.0. The van der Waals surface area contributed by atoms with Crippen LogP contribution in [-0.2, 0) is 38.4 Å². The maximum absolute atomic E-state index is 14.1. The van der Waals surface area contributed by atoms with Gasteiger partial charge in [-0.25, -0.2) is 8.42 Å². The Hall–Kier alpha value is -3.99. The normalized spacial score (nSPS) is 15.0. The number of fused-ring (bicyclic) bond motifs is 2. The Balaban J connectivity index is 1.39. The number of carbonyl (C=O) groups excluding carboxylic acids is 1. The van der Waals surface area contributed by atoms with Crippen LogP contribution in [-0.4, -0.2) is 40.1 Å². The second-order valence-corrected chi connectivity index (χ2v) is 12.5. The van der Waals surface area contributed by atoms with Crippen molar-refractivity contribution in [1.82, 2.24) is 0 Å². The van der Waals surface area contributed by atoms with E-state index in [-0.39, 0.29) is 30.3 Å². The molecule has 0 bridgehead atoms. The molecule has 1 heterocycles. The van der Waals surface area contributed by atoms with E-state index in [9.17, 15) is 26.4 Å². The van der Waals surface area contributed by atoms with Crippen molar-refractivity contribution in [3.63, 3.8) is 0 Å². The first-order valence-electron chi connectivity index (χ1n) is 13.3. The van der Waals surface area contributed by atoms with Crippen LogP contribution in [0.25, 0.3) is 22.1 Å². The molecule has 0 amide bonds. The number of carbonyl (C=O) groups is 1. The SMILES string of the molecule is COC(=O)Cc1coc2cc(O[C@@H]3CCc4c3ccc(C(F)(F)F)c4-c3ccc(OCCCS(C)(=O)=O)cc3)ccc12. The summed E-state index contributed by atoms with van der Waals surface area (Å²) in [4.78, 5) is 11.7. The van der Waals surface area contributed by atoms with Crippen molar-refractivity contribution >= 4 is 26.8 Å². The molecule has 1 aliphatic carbocycles. The fourth-order valence-corrected chi connectivity index (χ4v) is 5.89. The maximum atomic E-state index is 14.1. The number of sulfone groups is 1. The largest absolute Gasteiger partial charge is 0.494 e. The van der Waals surface area contributed by atoms with Gasteiger partial charge in [-0.15, -0.1) is 0 Å². The van der Waals surface area contributed by atoms with Crippen molar-refractivity contribution in [2.45, 2.75) is 38.0 Å². The highest BCUT2D eigenvalue weighted by molar-refractivity contribution is 7.90. The summed E-state index contributed by atoms with van der Waals surface area (Å²) in [5.41, 5.74) is 2.27. The van der Waals surface area contributed by atoms with Crippen molar-refractivity contribution in [2.75, 3.05) is 25.7 Å². The fraction of sp³-hybridized carbons (Fsp3) is 0.323. The van der Waals surface area contributed by atoms with Gasteiger partial charge < -0.3 is 18.6 Å². The number of methoxy groups -OCH3 is 1. The third-order valence-corrected chi connectivity index (χ3v) is 8.23. The summed E-state index contributed by atoms with van der Waals surface area (Å²) < 4.78 is 87.2. The van der Waals surface area contributed by atoms with Crippen LogP contribution in [0.3, 0.4) is 0 Å². The van der Waals surface area contributed by atoms with E-state index in [0.29, 0.717) is 58.6 Å². The molecule has 0 radical (unpaired) electrons. The van der Waals surface area contributed by atoms with E-state index in [1.807, 2.05) is 0 Å². The maximum Gasteiger partial charge on any atom is 0.417 e. The van der Waals surface area contributed by atoms with Gasteiger partial charge in [-0.3, -0.25) is 4.79 Å². The minimum Gasteiger partial charge on any atom is -0.494 e. The van der Waals surface area contributed by atoms with Crippen molar-refractivity contribution in [2.24, 2.45) is 0 Å². The van der Waals surface area contributed by atoms with E-state index in [4.69, 9.17) is 18.6 Å². The Morgan fingerprint density at radius 1 is 1.05 bits per heavy atom. The summed E-state index contributed by atoms with van der Waals surface area (Å²) in [5.74, 6) is 0.544. The molecular formula is C31H29F3O7S. The van der Waals surface area contributed by atoms with Crippen molar-refractivity contribution in [3.8, 4) is 22.6 Å². The van der Waals surface area contributed by atoms with Crippen LogP contribution in [0.5, 0.6) is 11.5 Å². The van der Waals surface area contributed by atoms with Crippen LogP contribution >= 0.6 is 0 Å². The molecule has 42 heavy (non-hydrogen) atoms. The molecule has 0 N–H and O–H groups in total. The predicted molar refractivity (Wildman–Crippen MR) is 150 cm³/mol. The van der Waals surface area contributed by atoms with Gasteiger partial charge in [0, 0.05) is 23.3 Å². The molecule has 0 saturated carbocycles. The van der Waals surface area contributed by atoms with Crippen LogP contribution < -0.4 is 9.47 Å². The Labute approximate surface area is 241 Å². The van der Waals surface area contributed by atoms with E-state index in [2.05, 4.69) is 0 Å². The second-order valence-electron chi connectivity index (χ2n) is 10.2. The smallest absolute Gasteiger partial charge is 0.417 e. The summed E-state index contributed by atoms with van der Waals surface area (Å²) in [7, 11) is -1.79. The van der Waals surface area contributed by atoms with Gasteiger partial charge in [0.15, 0.2) is 0 Å². The molecule has 11 heteroatoms. The number of esters is 1. The number of furan rings is 1. The molecule has 1 atom stereocenters. The highest BCUT2D eigenvalue weighted by Crippen LogP contribution is 2.46. The van der Waals surface area contributed by atoms with Gasteiger partial charge in [0.2, 0.25) is 0 Å². The van der Waals surface area contributed by atoms with Gasteiger partial charge in [-0.05, 0) is 71.8 Å². The standard InChI is InChI=1S/C31H29F3O7S/c1-38-29(35)16-20-18-40-28-17-22(8-9-23(20)28)41-27-13-11-25-24(27)10-12-26(31(32,33)34)30(25)19-4-6-21(7-5-19)39-14-3-15-42(2,36)37/h4-10,12,17-18,27H,3,11,13-16H2,1-2H3/t27-/m1/s1. The van der Waals surface area contributed by atoms with E-state index in [1.165, 1.54) is 19.4 Å². The zero-order valence-corrected chi connectivity index (χ0v) is 23.8. The lowest BCUT2D eigenvalue weighted by molar-refractivity contribution is -0.140. The molecule has 1 aromatic heterocycles. The summed E-state index contributed by atoms with van der Waals surface area (Å²) in [6.07, 6.45) is -1.10.